The van der Waals surface area contributed by atoms with E-state index >= 15 is 0 Å². The molecule has 6 nitrogen and oxygen atoms in total. The number of rotatable bonds is 4. The predicted molar refractivity (Wildman–Crippen MR) is 83.3 cm³/mol. The molecule has 1 aliphatic heterocycles. The molecular formula is C16H24N4O2. The molecule has 0 N–H and O–H groups in total. The summed E-state index contributed by atoms with van der Waals surface area (Å²) >= 11 is 0. The number of aromatic nitrogens is 2. The molecule has 2 rings (SSSR count). The van der Waals surface area contributed by atoms with Crippen LogP contribution in [0.25, 0.3) is 0 Å². The van der Waals surface area contributed by atoms with Crippen LogP contribution >= 0.6 is 0 Å². The van der Waals surface area contributed by atoms with Gasteiger partial charge < -0.3 is 9.80 Å². The van der Waals surface area contributed by atoms with Gasteiger partial charge in [-0.2, -0.15) is 5.10 Å². The second kappa shape index (κ2) is 7.33. The summed E-state index contributed by atoms with van der Waals surface area (Å²) in [4.78, 5) is 26.9. The first-order chi connectivity index (χ1) is 10.5. The van der Waals surface area contributed by atoms with Crippen LogP contribution in [0.2, 0.25) is 0 Å². The average Bonchev–Trinajstić information content (AvgIpc) is 2.54. The molecule has 2 amide bonds. The number of amides is 2. The van der Waals surface area contributed by atoms with Crippen molar-refractivity contribution in [2.75, 3.05) is 26.7 Å². The third kappa shape index (κ3) is 4.02. The van der Waals surface area contributed by atoms with E-state index in [-0.39, 0.29) is 11.8 Å². The van der Waals surface area contributed by atoms with Crippen LogP contribution in [0.1, 0.15) is 42.9 Å². The molecule has 1 aromatic rings. The number of hydrogen-bond donors (Lipinski definition) is 0. The summed E-state index contributed by atoms with van der Waals surface area (Å²) in [6.45, 7) is 5.83. The first-order valence-corrected chi connectivity index (χ1v) is 7.84. The minimum absolute atomic E-state index is 0.109. The van der Waals surface area contributed by atoms with Crippen LogP contribution in [0.4, 0.5) is 0 Å². The Kier molecular flexibility index (Phi) is 5.46. The van der Waals surface area contributed by atoms with Gasteiger partial charge in [0, 0.05) is 33.6 Å². The summed E-state index contributed by atoms with van der Waals surface area (Å²) in [5, 5.41) is 8.23. The zero-order valence-corrected chi connectivity index (χ0v) is 13.6. The van der Waals surface area contributed by atoms with Crippen molar-refractivity contribution in [1.29, 1.82) is 0 Å². The Morgan fingerprint density at radius 3 is 2.73 bits per heavy atom. The van der Waals surface area contributed by atoms with E-state index in [2.05, 4.69) is 10.2 Å². The van der Waals surface area contributed by atoms with Crippen LogP contribution < -0.4 is 0 Å². The van der Waals surface area contributed by atoms with Crippen LogP contribution in [0, 0.1) is 5.92 Å². The fourth-order valence-corrected chi connectivity index (χ4v) is 2.74. The molecule has 0 bridgehead atoms. The Labute approximate surface area is 131 Å². The van der Waals surface area contributed by atoms with Crippen molar-refractivity contribution in [3.05, 3.63) is 23.5 Å². The highest BCUT2D eigenvalue weighted by molar-refractivity contribution is 5.91. The van der Waals surface area contributed by atoms with E-state index in [0.29, 0.717) is 18.2 Å². The number of hydrogen-bond acceptors (Lipinski definition) is 4. The lowest BCUT2D eigenvalue weighted by molar-refractivity contribution is -0.130. The van der Waals surface area contributed by atoms with Gasteiger partial charge in [-0.3, -0.25) is 9.59 Å². The summed E-state index contributed by atoms with van der Waals surface area (Å²) in [6.07, 6.45) is 2.94. The monoisotopic (exact) mass is 304 g/mol. The average molecular weight is 304 g/mol. The van der Waals surface area contributed by atoms with E-state index in [4.69, 9.17) is 0 Å². The van der Waals surface area contributed by atoms with Gasteiger partial charge in [0.25, 0.3) is 5.91 Å². The maximum atomic E-state index is 12.0. The van der Waals surface area contributed by atoms with E-state index in [1.165, 1.54) is 0 Å². The summed E-state index contributed by atoms with van der Waals surface area (Å²) in [5.74, 6) is 0.452. The highest BCUT2D eigenvalue weighted by Gasteiger charge is 2.22. The van der Waals surface area contributed by atoms with Gasteiger partial charge in [0.1, 0.15) is 0 Å². The van der Waals surface area contributed by atoms with Gasteiger partial charge in [-0.15, -0.1) is 5.10 Å². The Morgan fingerprint density at radius 1 is 1.36 bits per heavy atom. The lowest BCUT2D eigenvalue weighted by Crippen LogP contribution is -2.39. The van der Waals surface area contributed by atoms with Gasteiger partial charge in [0.2, 0.25) is 5.91 Å². The fraction of sp³-hybridized carbons (Fsp3) is 0.625. The topological polar surface area (TPSA) is 66.4 Å². The normalized spacial score (nSPS) is 18.1. The van der Waals surface area contributed by atoms with Gasteiger partial charge >= 0.3 is 0 Å². The lowest BCUT2D eigenvalue weighted by Gasteiger charge is -2.31. The summed E-state index contributed by atoms with van der Waals surface area (Å²) in [5.41, 5.74) is 1.26. The van der Waals surface area contributed by atoms with Gasteiger partial charge in [-0.25, -0.2) is 0 Å². The molecule has 6 heteroatoms. The minimum atomic E-state index is -0.109. The van der Waals surface area contributed by atoms with E-state index in [0.717, 1.165) is 38.0 Å². The van der Waals surface area contributed by atoms with E-state index in [1.807, 2.05) is 17.9 Å². The molecule has 1 aliphatic rings. The maximum Gasteiger partial charge on any atom is 0.274 e. The Bertz CT molecular complexity index is 529. The quantitative estimate of drug-likeness (QED) is 0.842. The van der Waals surface area contributed by atoms with E-state index in [9.17, 15) is 9.59 Å². The van der Waals surface area contributed by atoms with Gasteiger partial charge in [0.05, 0.1) is 5.69 Å². The molecule has 1 aromatic heterocycles. The molecule has 22 heavy (non-hydrogen) atoms. The van der Waals surface area contributed by atoms with Gasteiger partial charge in [-0.05, 0) is 44.2 Å². The molecule has 0 aliphatic carbocycles. The highest BCUT2D eigenvalue weighted by atomic mass is 16.2. The molecule has 1 fully saturated rings. The number of nitrogens with zero attached hydrogens (tertiary/aromatic N) is 4. The van der Waals surface area contributed by atoms with Gasteiger partial charge in [-0.1, -0.05) is 0 Å². The molecule has 0 aromatic carbocycles. The second-order valence-electron chi connectivity index (χ2n) is 5.91. The molecule has 120 valence electrons. The maximum absolute atomic E-state index is 12.0. The van der Waals surface area contributed by atoms with Crippen LogP contribution in [0.5, 0.6) is 0 Å². The van der Waals surface area contributed by atoms with E-state index in [1.54, 1.807) is 24.9 Å². The molecule has 0 unspecified atom stereocenters. The molecule has 1 atom stereocenters. The molecular weight excluding hydrogens is 280 g/mol. The second-order valence-corrected chi connectivity index (χ2v) is 5.91. The smallest absolute Gasteiger partial charge is 0.274 e. The number of carbonyl (C=O) groups excluding carboxylic acids is 2. The number of carbonyl (C=O) groups is 2. The Hall–Kier alpha value is -1.98. The minimum Gasteiger partial charge on any atom is -0.343 e. The molecule has 1 saturated heterocycles. The van der Waals surface area contributed by atoms with Crippen molar-refractivity contribution < 1.29 is 9.59 Å². The van der Waals surface area contributed by atoms with Crippen LogP contribution in [-0.4, -0.2) is 58.5 Å². The summed E-state index contributed by atoms with van der Waals surface area (Å²) in [7, 11) is 1.75. The number of piperidine rings is 1. The fourth-order valence-electron chi connectivity index (χ4n) is 2.74. The lowest BCUT2D eigenvalue weighted by atomic mass is 9.93. The van der Waals surface area contributed by atoms with Crippen molar-refractivity contribution >= 4 is 11.8 Å². The van der Waals surface area contributed by atoms with Crippen molar-refractivity contribution in [2.45, 2.75) is 33.1 Å². The Morgan fingerprint density at radius 2 is 2.14 bits per heavy atom. The van der Waals surface area contributed by atoms with Crippen LogP contribution in [-0.2, 0) is 11.2 Å². The highest BCUT2D eigenvalue weighted by Crippen LogP contribution is 2.20. The largest absolute Gasteiger partial charge is 0.343 e. The van der Waals surface area contributed by atoms with Crippen molar-refractivity contribution in [1.82, 2.24) is 20.0 Å². The SMILES string of the molecule is CCN(C)C(=O)c1ccc(C[C@H]2CCCN(C(C)=O)C2)nn1. The van der Waals surface area contributed by atoms with Crippen molar-refractivity contribution in [3.8, 4) is 0 Å². The zero-order chi connectivity index (χ0) is 16.1. The third-order valence-corrected chi connectivity index (χ3v) is 4.22. The summed E-state index contributed by atoms with van der Waals surface area (Å²) in [6, 6.07) is 3.61. The first kappa shape index (κ1) is 16.4. The van der Waals surface area contributed by atoms with E-state index < -0.39 is 0 Å². The zero-order valence-electron chi connectivity index (χ0n) is 13.6. The third-order valence-electron chi connectivity index (χ3n) is 4.22. The standard InChI is InChI=1S/C16H24N4O2/c1-4-19(3)16(22)15-8-7-14(17-18-15)10-13-6-5-9-20(11-13)12(2)21/h7-8,13H,4-6,9-11H2,1-3H3/t13-/m1/s1. The molecule has 0 spiro atoms. The van der Waals surface area contributed by atoms with Crippen molar-refractivity contribution in [2.24, 2.45) is 5.92 Å². The van der Waals surface area contributed by atoms with Gasteiger partial charge in [0.15, 0.2) is 5.69 Å². The Balaban J connectivity index is 1.96. The molecule has 0 saturated carbocycles. The van der Waals surface area contributed by atoms with Crippen LogP contribution in [0.15, 0.2) is 12.1 Å². The molecule has 2 heterocycles. The predicted octanol–water partition coefficient (Wildman–Crippen LogP) is 1.37. The molecule has 0 radical (unpaired) electrons. The summed E-state index contributed by atoms with van der Waals surface area (Å²) < 4.78 is 0. The first-order valence-electron chi connectivity index (χ1n) is 7.84. The number of likely N-dealkylation sites (tertiary alicyclic amines) is 1. The van der Waals surface area contributed by atoms with Crippen LogP contribution in [0.3, 0.4) is 0 Å². The van der Waals surface area contributed by atoms with Crippen molar-refractivity contribution in [3.63, 3.8) is 0 Å².